The van der Waals surface area contributed by atoms with E-state index in [1.54, 1.807) is 19.3 Å². The monoisotopic (exact) mass is 290 g/mol. The second kappa shape index (κ2) is 6.04. The Morgan fingerprint density at radius 3 is 2.81 bits per heavy atom. The lowest BCUT2D eigenvalue weighted by atomic mass is 10.1. The molecule has 2 aromatic rings. The molecule has 0 bridgehead atoms. The highest BCUT2D eigenvalue weighted by Crippen LogP contribution is 2.21. The Hall–Kier alpha value is -2.90. The van der Waals surface area contributed by atoms with Crippen LogP contribution in [0.2, 0.25) is 0 Å². The molecule has 0 radical (unpaired) electrons. The van der Waals surface area contributed by atoms with Crippen molar-refractivity contribution < 1.29 is 19.4 Å². The molecule has 2 heterocycles. The van der Waals surface area contributed by atoms with Gasteiger partial charge < -0.3 is 15.2 Å². The maximum Gasteiger partial charge on any atom is 0.341 e. The number of rotatable bonds is 5. The van der Waals surface area contributed by atoms with E-state index in [2.05, 4.69) is 20.1 Å². The van der Waals surface area contributed by atoms with Crippen LogP contribution in [0, 0.1) is 0 Å². The van der Waals surface area contributed by atoms with Gasteiger partial charge in [-0.2, -0.15) is 5.10 Å². The van der Waals surface area contributed by atoms with Gasteiger partial charge in [-0.1, -0.05) is 0 Å². The predicted molar refractivity (Wildman–Crippen MR) is 72.8 cm³/mol. The van der Waals surface area contributed by atoms with Gasteiger partial charge in [0, 0.05) is 25.0 Å². The third-order valence-corrected chi connectivity index (χ3v) is 2.80. The Morgan fingerprint density at radius 1 is 1.48 bits per heavy atom. The Balaban J connectivity index is 2.34. The summed E-state index contributed by atoms with van der Waals surface area (Å²) < 4.78 is 6.14. The van der Waals surface area contributed by atoms with Crippen molar-refractivity contribution in [2.75, 3.05) is 12.4 Å². The van der Waals surface area contributed by atoms with Crippen molar-refractivity contribution in [2.24, 2.45) is 7.05 Å². The normalized spacial score (nSPS) is 11.7. The molecule has 0 aromatic carbocycles. The molecule has 2 rings (SSSR count). The first-order chi connectivity index (χ1) is 10.0. The van der Waals surface area contributed by atoms with Crippen molar-refractivity contribution in [3.63, 3.8) is 0 Å². The van der Waals surface area contributed by atoms with Crippen molar-refractivity contribution in [1.82, 2.24) is 14.8 Å². The second-order valence-electron chi connectivity index (χ2n) is 4.25. The summed E-state index contributed by atoms with van der Waals surface area (Å²) >= 11 is 0. The smallest absolute Gasteiger partial charge is 0.341 e. The molecule has 0 aliphatic heterocycles. The van der Waals surface area contributed by atoms with E-state index < -0.39 is 18.0 Å². The number of nitrogens with zero attached hydrogens (tertiary/aromatic N) is 3. The minimum absolute atomic E-state index is 0.139. The summed E-state index contributed by atoms with van der Waals surface area (Å²) in [6, 6.07) is 2.00. The number of anilines is 1. The first kappa shape index (κ1) is 14.5. The van der Waals surface area contributed by atoms with Crippen molar-refractivity contribution in [2.45, 2.75) is 6.04 Å². The summed E-state index contributed by atoms with van der Waals surface area (Å²) in [4.78, 5) is 27.1. The van der Waals surface area contributed by atoms with Crippen LogP contribution >= 0.6 is 0 Å². The molecule has 8 nitrogen and oxygen atoms in total. The number of hydrogen-bond acceptors (Lipinski definition) is 6. The predicted octanol–water partition coefficient (Wildman–Crippen LogP) is 0.839. The standard InChI is InChI=1S/C13H14N4O4/c1-17-7-8(6-15-17)10(12(18)19)16-11-9(13(20)21-2)4-3-5-14-11/h3-7,10H,1-2H3,(H,14,16)(H,18,19). The summed E-state index contributed by atoms with van der Waals surface area (Å²) in [5, 5.41) is 16.0. The number of pyridine rings is 1. The number of carboxylic acid groups (broad SMARTS) is 1. The Kier molecular flexibility index (Phi) is 4.17. The van der Waals surface area contributed by atoms with Gasteiger partial charge in [0.2, 0.25) is 0 Å². The van der Waals surface area contributed by atoms with Gasteiger partial charge in [0.25, 0.3) is 0 Å². The van der Waals surface area contributed by atoms with Gasteiger partial charge >= 0.3 is 11.9 Å². The Bertz CT molecular complexity index is 668. The molecular formula is C13H14N4O4. The second-order valence-corrected chi connectivity index (χ2v) is 4.25. The van der Waals surface area contributed by atoms with E-state index in [4.69, 9.17) is 0 Å². The molecule has 0 aliphatic carbocycles. The maximum absolute atomic E-state index is 11.7. The third-order valence-electron chi connectivity index (χ3n) is 2.80. The SMILES string of the molecule is COC(=O)c1cccnc1NC(C(=O)O)c1cnn(C)c1. The van der Waals surface area contributed by atoms with Gasteiger partial charge in [-0.05, 0) is 12.1 Å². The van der Waals surface area contributed by atoms with Gasteiger partial charge in [0.05, 0.1) is 13.3 Å². The minimum atomic E-state index is -1.11. The zero-order chi connectivity index (χ0) is 15.4. The number of methoxy groups -OCH3 is 1. The lowest BCUT2D eigenvalue weighted by Gasteiger charge is -2.15. The molecule has 0 saturated heterocycles. The fourth-order valence-electron chi connectivity index (χ4n) is 1.81. The highest BCUT2D eigenvalue weighted by atomic mass is 16.5. The van der Waals surface area contributed by atoms with Gasteiger partial charge in [-0.3, -0.25) is 4.68 Å². The lowest BCUT2D eigenvalue weighted by Crippen LogP contribution is -2.22. The average molecular weight is 290 g/mol. The summed E-state index contributed by atoms with van der Waals surface area (Å²) in [5.74, 6) is -1.56. The number of aromatic nitrogens is 3. The number of esters is 1. The number of hydrogen-bond donors (Lipinski definition) is 2. The van der Waals surface area contributed by atoms with Crippen molar-refractivity contribution in [3.8, 4) is 0 Å². The van der Waals surface area contributed by atoms with Crippen LogP contribution in [-0.2, 0) is 16.6 Å². The van der Waals surface area contributed by atoms with E-state index in [9.17, 15) is 14.7 Å². The molecule has 0 aliphatic rings. The Labute approximate surface area is 120 Å². The molecule has 1 atom stereocenters. The molecule has 110 valence electrons. The summed E-state index contributed by atoms with van der Waals surface area (Å²) in [6.45, 7) is 0. The van der Waals surface area contributed by atoms with Crippen LogP contribution in [0.5, 0.6) is 0 Å². The van der Waals surface area contributed by atoms with E-state index in [1.807, 2.05) is 0 Å². The van der Waals surface area contributed by atoms with Crippen LogP contribution in [0.3, 0.4) is 0 Å². The first-order valence-electron chi connectivity index (χ1n) is 6.04. The maximum atomic E-state index is 11.7. The molecule has 2 N–H and O–H groups in total. The number of ether oxygens (including phenoxy) is 1. The van der Waals surface area contributed by atoms with Gasteiger partial charge in [-0.25, -0.2) is 14.6 Å². The molecule has 0 spiro atoms. The van der Waals surface area contributed by atoms with E-state index in [0.717, 1.165) is 0 Å². The molecule has 21 heavy (non-hydrogen) atoms. The fraction of sp³-hybridized carbons (Fsp3) is 0.231. The highest BCUT2D eigenvalue weighted by Gasteiger charge is 2.24. The van der Waals surface area contributed by atoms with E-state index in [-0.39, 0.29) is 11.4 Å². The average Bonchev–Trinajstić information content (AvgIpc) is 2.90. The van der Waals surface area contributed by atoms with Crippen LogP contribution in [0.15, 0.2) is 30.7 Å². The number of carboxylic acids is 1. The summed E-state index contributed by atoms with van der Waals surface area (Å²) in [7, 11) is 2.93. The minimum Gasteiger partial charge on any atom is -0.479 e. The zero-order valence-electron chi connectivity index (χ0n) is 11.5. The summed E-state index contributed by atoms with van der Waals surface area (Å²) in [5.41, 5.74) is 0.613. The molecule has 2 aromatic heterocycles. The van der Waals surface area contributed by atoms with Gasteiger partial charge in [0.15, 0.2) is 6.04 Å². The number of nitrogens with one attached hydrogen (secondary N) is 1. The number of carbonyl (C=O) groups excluding carboxylic acids is 1. The van der Waals surface area contributed by atoms with E-state index in [1.165, 1.54) is 30.3 Å². The van der Waals surface area contributed by atoms with Crippen molar-refractivity contribution >= 4 is 17.8 Å². The first-order valence-corrected chi connectivity index (χ1v) is 6.04. The molecule has 0 saturated carbocycles. The number of aryl methyl sites for hydroxylation is 1. The number of carbonyl (C=O) groups is 2. The molecule has 1 unspecified atom stereocenters. The molecule has 0 fully saturated rings. The third kappa shape index (κ3) is 3.16. The van der Waals surface area contributed by atoms with Crippen LogP contribution in [-0.4, -0.2) is 38.9 Å². The topological polar surface area (TPSA) is 106 Å². The highest BCUT2D eigenvalue weighted by molar-refractivity contribution is 5.95. The number of aliphatic carboxylic acids is 1. The molecule has 8 heteroatoms. The Morgan fingerprint density at radius 2 is 2.24 bits per heavy atom. The van der Waals surface area contributed by atoms with Crippen LogP contribution in [0.4, 0.5) is 5.82 Å². The van der Waals surface area contributed by atoms with Gasteiger partial charge in [-0.15, -0.1) is 0 Å². The largest absolute Gasteiger partial charge is 0.479 e. The van der Waals surface area contributed by atoms with Crippen LogP contribution in [0.1, 0.15) is 22.0 Å². The van der Waals surface area contributed by atoms with Crippen LogP contribution < -0.4 is 5.32 Å². The molecular weight excluding hydrogens is 276 g/mol. The lowest BCUT2D eigenvalue weighted by molar-refractivity contribution is -0.138. The van der Waals surface area contributed by atoms with Crippen molar-refractivity contribution in [1.29, 1.82) is 0 Å². The zero-order valence-corrected chi connectivity index (χ0v) is 11.5. The van der Waals surface area contributed by atoms with E-state index in [0.29, 0.717) is 5.56 Å². The fourth-order valence-corrected chi connectivity index (χ4v) is 1.81. The van der Waals surface area contributed by atoms with Crippen molar-refractivity contribution in [3.05, 3.63) is 41.9 Å². The van der Waals surface area contributed by atoms with Gasteiger partial charge in [0.1, 0.15) is 11.4 Å². The summed E-state index contributed by atoms with van der Waals surface area (Å²) in [6.07, 6.45) is 4.47. The quantitative estimate of drug-likeness (QED) is 0.786. The molecule has 0 amide bonds. The van der Waals surface area contributed by atoms with Crippen LogP contribution in [0.25, 0.3) is 0 Å². The van der Waals surface area contributed by atoms with E-state index >= 15 is 0 Å².